The Balaban J connectivity index is 2.70. The molecule has 0 heterocycles. The zero-order valence-electron chi connectivity index (χ0n) is 10.2. The van der Waals surface area contributed by atoms with Crippen molar-refractivity contribution in [3.05, 3.63) is 0 Å². The van der Waals surface area contributed by atoms with E-state index in [0.29, 0.717) is 25.7 Å². The SMILES string of the molecule is COC(=O)C1CCC(CC=O)(C(=O)OC)CC1. The van der Waals surface area contributed by atoms with Gasteiger partial charge in [0.05, 0.1) is 25.6 Å². The lowest BCUT2D eigenvalue weighted by Gasteiger charge is -2.35. The predicted molar refractivity (Wildman–Crippen MR) is 59.1 cm³/mol. The molecule has 1 fully saturated rings. The van der Waals surface area contributed by atoms with Gasteiger partial charge in [-0.1, -0.05) is 0 Å². The predicted octanol–water partition coefficient (Wildman–Crippen LogP) is 1.10. The standard InChI is InChI=1S/C12H18O5/c1-16-10(14)9-3-5-12(6-4-9,7-8-13)11(15)17-2/h8-9H,3-7H2,1-2H3. The number of carbonyl (C=O) groups excluding carboxylic acids is 3. The van der Waals surface area contributed by atoms with Crippen molar-refractivity contribution in [3.63, 3.8) is 0 Å². The fourth-order valence-electron chi connectivity index (χ4n) is 2.44. The second-order valence-corrected chi connectivity index (χ2v) is 4.44. The summed E-state index contributed by atoms with van der Waals surface area (Å²) in [7, 11) is 2.68. The summed E-state index contributed by atoms with van der Waals surface area (Å²) in [5.41, 5.74) is -0.735. The van der Waals surface area contributed by atoms with Crippen molar-refractivity contribution in [1.29, 1.82) is 0 Å². The van der Waals surface area contributed by atoms with E-state index in [4.69, 9.17) is 4.74 Å². The topological polar surface area (TPSA) is 69.7 Å². The van der Waals surface area contributed by atoms with E-state index in [0.717, 1.165) is 6.29 Å². The fourth-order valence-corrected chi connectivity index (χ4v) is 2.44. The van der Waals surface area contributed by atoms with Crippen LogP contribution in [0.2, 0.25) is 0 Å². The van der Waals surface area contributed by atoms with Gasteiger partial charge < -0.3 is 14.3 Å². The first-order chi connectivity index (χ1) is 8.09. The van der Waals surface area contributed by atoms with E-state index in [9.17, 15) is 14.4 Å². The van der Waals surface area contributed by atoms with Crippen molar-refractivity contribution >= 4 is 18.2 Å². The van der Waals surface area contributed by atoms with Gasteiger partial charge >= 0.3 is 11.9 Å². The maximum absolute atomic E-state index is 11.7. The molecular formula is C12H18O5. The molecule has 0 aromatic rings. The number of ether oxygens (including phenoxy) is 2. The van der Waals surface area contributed by atoms with Gasteiger partial charge in [0.2, 0.25) is 0 Å². The van der Waals surface area contributed by atoms with E-state index < -0.39 is 5.41 Å². The summed E-state index contributed by atoms with van der Waals surface area (Å²) in [6.45, 7) is 0. The van der Waals surface area contributed by atoms with E-state index in [1.54, 1.807) is 0 Å². The highest BCUT2D eigenvalue weighted by Crippen LogP contribution is 2.42. The molecule has 0 radical (unpaired) electrons. The second-order valence-electron chi connectivity index (χ2n) is 4.44. The zero-order chi connectivity index (χ0) is 12.9. The van der Waals surface area contributed by atoms with Crippen LogP contribution in [-0.4, -0.2) is 32.4 Å². The molecular weight excluding hydrogens is 224 g/mol. The van der Waals surface area contributed by atoms with Gasteiger partial charge in [-0.25, -0.2) is 0 Å². The molecule has 0 unspecified atom stereocenters. The summed E-state index contributed by atoms with van der Waals surface area (Å²) < 4.78 is 9.43. The van der Waals surface area contributed by atoms with Crippen LogP contribution in [0.3, 0.4) is 0 Å². The van der Waals surface area contributed by atoms with Crippen molar-refractivity contribution in [1.82, 2.24) is 0 Å². The van der Waals surface area contributed by atoms with E-state index in [1.165, 1.54) is 14.2 Å². The van der Waals surface area contributed by atoms with Gasteiger partial charge in [-0.2, -0.15) is 0 Å². The van der Waals surface area contributed by atoms with Crippen molar-refractivity contribution < 1.29 is 23.9 Å². The summed E-state index contributed by atoms with van der Waals surface area (Å²) in [5, 5.41) is 0. The Morgan fingerprint density at radius 1 is 1.24 bits per heavy atom. The molecule has 1 rings (SSSR count). The minimum atomic E-state index is -0.735. The molecule has 0 atom stereocenters. The van der Waals surface area contributed by atoms with Gasteiger partial charge in [0.15, 0.2) is 0 Å². The first-order valence-electron chi connectivity index (χ1n) is 5.69. The minimum absolute atomic E-state index is 0.160. The maximum atomic E-state index is 11.7. The highest BCUT2D eigenvalue weighted by molar-refractivity contribution is 5.80. The first-order valence-corrected chi connectivity index (χ1v) is 5.69. The fraction of sp³-hybridized carbons (Fsp3) is 0.750. The highest BCUT2D eigenvalue weighted by atomic mass is 16.5. The van der Waals surface area contributed by atoms with Gasteiger partial charge in [0, 0.05) is 6.42 Å². The molecule has 0 N–H and O–H groups in total. The normalized spacial score (nSPS) is 28.2. The van der Waals surface area contributed by atoms with Crippen LogP contribution in [0.5, 0.6) is 0 Å². The Labute approximate surface area is 100 Å². The quantitative estimate of drug-likeness (QED) is 0.545. The van der Waals surface area contributed by atoms with Crippen LogP contribution in [0.25, 0.3) is 0 Å². The molecule has 0 aliphatic heterocycles. The van der Waals surface area contributed by atoms with Crippen molar-refractivity contribution in [3.8, 4) is 0 Å². The van der Waals surface area contributed by atoms with Crippen LogP contribution in [0.15, 0.2) is 0 Å². The lowest BCUT2D eigenvalue weighted by atomic mass is 9.69. The molecule has 1 saturated carbocycles. The molecule has 0 aromatic heterocycles. The molecule has 0 bridgehead atoms. The van der Waals surface area contributed by atoms with E-state index in [-0.39, 0.29) is 24.3 Å². The smallest absolute Gasteiger partial charge is 0.312 e. The van der Waals surface area contributed by atoms with E-state index in [2.05, 4.69) is 4.74 Å². The average molecular weight is 242 g/mol. The number of methoxy groups -OCH3 is 2. The number of carbonyl (C=O) groups is 3. The molecule has 96 valence electrons. The van der Waals surface area contributed by atoms with Crippen LogP contribution in [0.1, 0.15) is 32.1 Å². The zero-order valence-corrected chi connectivity index (χ0v) is 10.2. The summed E-state index contributed by atoms with van der Waals surface area (Å²) in [6, 6.07) is 0. The summed E-state index contributed by atoms with van der Waals surface area (Å²) >= 11 is 0. The van der Waals surface area contributed by atoms with Crippen LogP contribution < -0.4 is 0 Å². The Bertz CT molecular complexity index is 302. The second kappa shape index (κ2) is 5.80. The lowest BCUT2D eigenvalue weighted by molar-refractivity contribution is -0.160. The van der Waals surface area contributed by atoms with Crippen molar-refractivity contribution in [2.24, 2.45) is 11.3 Å². The largest absolute Gasteiger partial charge is 0.469 e. The molecule has 5 heteroatoms. The Morgan fingerprint density at radius 3 is 2.24 bits per heavy atom. The van der Waals surface area contributed by atoms with Crippen molar-refractivity contribution in [2.75, 3.05) is 14.2 Å². The van der Waals surface area contributed by atoms with Gasteiger partial charge in [-0.3, -0.25) is 9.59 Å². The van der Waals surface area contributed by atoms with Gasteiger partial charge in [0.25, 0.3) is 0 Å². The van der Waals surface area contributed by atoms with Crippen LogP contribution >= 0.6 is 0 Å². The molecule has 5 nitrogen and oxygen atoms in total. The molecule has 1 aliphatic carbocycles. The van der Waals surface area contributed by atoms with Gasteiger partial charge in [-0.15, -0.1) is 0 Å². The Kier molecular flexibility index (Phi) is 4.66. The first kappa shape index (κ1) is 13.7. The van der Waals surface area contributed by atoms with Gasteiger partial charge in [-0.05, 0) is 25.7 Å². The number of hydrogen-bond acceptors (Lipinski definition) is 5. The average Bonchev–Trinajstić information content (AvgIpc) is 2.38. The third-order valence-electron chi connectivity index (χ3n) is 3.57. The van der Waals surface area contributed by atoms with Crippen LogP contribution in [-0.2, 0) is 23.9 Å². The summed E-state index contributed by atoms with van der Waals surface area (Å²) in [4.78, 5) is 33.8. The Morgan fingerprint density at radius 2 is 1.82 bits per heavy atom. The number of esters is 2. The molecule has 0 spiro atoms. The highest BCUT2D eigenvalue weighted by Gasteiger charge is 2.44. The maximum Gasteiger partial charge on any atom is 0.312 e. The monoisotopic (exact) mass is 242 g/mol. The summed E-state index contributed by atoms with van der Waals surface area (Å²) in [5.74, 6) is -0.757. The van der Waals surface area contributed by atoms with Gasteiger partial charge in [0.1, 0.15) is 6.29 Å². The number of aldehydes is 1. The van der Waals surface area contributed by atoms with Crippen molar-refractivity contribution in [2.45, 2.75) is 32.1 Å². The third kappa shape index (κ3) is 2.84. The van der Waals surface area contributed by atoms with E-state index >= 15 is 0 Å². The molecule has 17 heavy (non-hydrogen) atoms. The van der Waals surface area contributed by atoms with Crippen LogP contribution in [0.4, 0.5) is 0 Å². The Hall–Kier alpha value is -1.39. The lowest BCUT2D eigenvalue weighted by Crippen LogP contribution is -2.38. The molecule has 1 aliphatic rings. The number of rotatable bonds is 4. The van der Waals surface area contributed by atoms with Crippen LogP contribution in [0, 0.1) is 11.3 Å². The number of hydrogen-bond donors (Lipinski definition) is 0. The minimum Gasteiger partial charge on any atom is -0.469 e. The van der Waals surface area contributed by atoms with E-state index in [1.807, 2.05) is 0 Å². The molecule has 0 amide bonds. The third-order valence-corrected chi connectivity index (χ3v) is 3.57. The summed E-state index contributed by atoms with van der Waals surface area (Å²) in [6.07, 6.45) is 3.03. The molecule has 0 aromatic carbocycles. The molecule has 0 saturated heterocycles.